The van der Waals surface area contributed by atoms with E-state index in [0.717, 1.165) is 5.56 Å². The highest BCUT2D eigenvalue weighted by Crippen LogP contribution is 2.22. The van der Waals surface area contributed by atoms with Crippen molar-refractivity contribution in [2.75, 3.05) is 0 Å². The maximum Gasteiger partial charge on any atom is 0.160 e. The molecular weight excluding hydrogens is 252 g/mol. The third kappa shape index (κ3) is 2.21. The number of rotatable bonds is 3. The minimum atomic E-state index is 0.0138. The van der Waals surface area contributed by atoms with Crippen molar-refractivity contribution in [1.29, 1.82) is 0 Å². The number of carbonyl (C=O) groups excluding carboxylic acids is 1. The van der Waals surface area contributed by atoms with Crippen LogP contribution in [0.2, 0.25) is 0 Å². The van der Waals surface area contributed by atoms with Gasteiger partial charge in [-0.05, 0) is 13.0 Å². The lowest BCUT2D eigenvalue weighted by atomic mass is 10.0. The van der Waals surface area contributed by atoms with Crippen LogP contribution in [0.3, 0.4) is 0 Å². The van der Waals surface area contributed by atoms with Crippen molar-refractivity contribution < 1.29 is 4.79 Å². The second-order valence-electron chi connectivity index (χ2n) is 4.31. The van der Waals surface area contributed by atoms with Gasteiger partial charge in [-0.3, -0.25) is 4.79 Å². The van der Waals surface area contributed by atoms with Crippen LogP contribution in [0, 0.1) is 0 Å². The predicted molar refractivity (Wildman–Crippen MR) is 74.6 cm³/mol. The maximum absolute atomic E-state index is 11.7. The van der Waals surface area contributed by atoms with Crippen molar-refractivity contribution in [1.82, 2.24) is 19.7 Å². The van der Waals surface area contributed by atoms with Gasteiger partial charge in [0, 0.05) is 29.6 Å². The molecular formula is C15H12N4O. The quantitative estimate of drug-likeness (QED) is 0.682. The van der Waals surface area contributed by atoms with E-state index in [9.17, 15) is 4.79 Å². The van der Waals surface area contributed by atoms with Gasteiger partial charge in [-0.1, -0.05) is 24.3 Å². The Hall–Kier alpha value is -2.82. The first-order valence-electron chi connectivity index (χ1n) is 6.18. The lowest BCUT2D eigenvalue weighted by Gasteiger charge is -2.07. The Morgan fingerprint density at radius 2 is 2.00 bits per heavy atom. The van der Waals surface area contributed by atoms with Gasteiger partial charge in [-0.25, -0.2) is 14.6 Å². The third-order valence-electron chi connectivity index (χ3n) is 2.97. The monoisotopic (exact) mass is 264 g/mol. The Labute approximate surface area is 115 Å². The van der Waals surface area contributed by atoms with E-state index in [0.29, 0.717) is 17.1 Å². The van der Waals surface area contributed by atoms with Gasteiger partial charge in [0.05, 0.1) is 5.69 Å². The molecule has 0 radical (unpaired) electrons. The lowest BCUT2D eigenvalue weighted by Crippen LogP contribution is -2.01. The summed E-state index contributed by atoms with van der Waals surface area (Å²) in [6.45, 7) is 1.55. The standard InChI is InChI=1S/C15H12N4O/c1-11(20)12-5-2-3-6-13(12)14-9-15(17-10-16-14)19-8-4-7-18-19/h2-10H,1H3. The van der Waals surface area contributed by atoms with E-state index in [2.05, 4.69) is 15.1 Å². The average molecular weight is 264 g/mol. The first kappa shape index (κ1) is 12.2. The molecule has 98 valence electrons. The third-order valence-corrected chi connectivity index (χ3v) is 2.97. The highest BCUT2D eigenvalue weighted by molar-refractivity contribution is 6.00. The Morgan fingerprint density at radius 1 is 1.15 bits per heavy atom. The smallest absolute Gasteiger partial charge is 0.160 e. The van der Waals surface area contributed by atoms with Gasteiger partial charge >= 0.3 is 0 Å². The van der Waals surface area contributed by atoms with E-state index in [-0.39, 0.29) is 5.78 Å². The van der Waals surface area contributed by atoms with Gasteiger partial charge in [-0.2, -0.15) is 5.10 Å². The molecule has 0 aliphatic rings. The van der Waals surface area contributed by atoms with Crippen LogP contribution in [0.15, 0.2) is 55.1 Å². The maximum atomic E-state index is 11.7. The summed E-state index contributed by atoms with van der Waals surface area (Å²) in [5, 5.41) is 4.14. The van der Waals surface area contributed by atoms with Gasteiger partial charge < -0.3 is 0 Å². The van der Waals surface area contributed by atoms with Crippen LogP contribution in [-0.2, 0) is 0 Å². The van der Waals surface area contributed by atoms with Crippen LogP contribution in [0.4, 0.5) is 0 Å². The van der Waals surface area contributed by atoms with Crippen molar-refractivity contribution in [2.24, 2.45) is 0 Å². The molecule has 3 rings (SSSR count). The zero-order valence-electron chi connectivity index (χ0n) is 10.9. The Morgan fingerprint density at radius 3 is 2.75 bits per heavy atom. The van der Waals surface area contributed by atoms with Crippen molar-refractivity contribution in [3.05, 3.63) is 60.7 Å². The van der Waals surface area contributed by atoms with Gasteiger partial charge in [0.1, 0.15) is 6.33 Å². The van der Waals surface area contributed by atoms with Crippen molar-refractivity contribution in [2.45, 2.75) is 6.92 Å². The molecule has 0 atom stereocenters. The molecule has 0 saturated carbocycles. The Bertz CT molecular complexity index is 750. The molecule has 3 aromatic rings. The molecule has 0 spiro atoms. The molecule has 0 fully saturated rings. The first-order chi connectivity index (χ1) is 9.75. The Kier molecular flexibility index (Phi) is 3.09. The molecule has 0 amide bonds. The van der Waals surface area contributed by atoms with Gasteiger partial charge in [-0.15, -0.1) is 0 Å². The van der Waals surface area contributed by atoms with E-state index in [4.69, 9.17) is 0 Å². The fourth-order valence-electron chi connectivity index (χ4n) is 2.04. The van der Waals surface area contributed by atoms with Gasteiger partial charge in [0.2, 0.25) is 0 Å². The second-order valence-corrected chi connectivity index (χ2v) is 4.31. The molecule has 0 unspecified atom stereocenters. The van der Waals surface area contributed by atoms with Crippen LogP contribution in [0.5, 0.6) is 0 Å². The number of nitrogens with zero attached hydrogens (tertiary/aromatic N) is 4. The number of carbonyl (C=O) groups is 1. The molecule has 0 saturated heterocycles. The average Bonchev–Trinajstić information content (AvgIpc) is 3.01. The summed E-state index contributed by atoms with van der Waals surface area (Å²) in [7, 11) is 0. The summed E-state index contributed by atoms with van der Waals surface area (Å²) in [6.07, 6.45) is 4.97. The van der Waals surface area contributed by atoms with E-state index >= 15 is 0 Å². The summed E-state index contributed by atoms with van der Waals surface area (Å²) in [6, 6.07) is 11.0. The van der Waals surface area contributed by atoms with E-state index in [1.165, 1.54) is 6.33 Å². The number of hydrogen-bond acceptors (Lipinski definition) is 4. The molecule has 5 nitrogen and oxygen atoms in total. The molecule has 2 heterocycles. The van der Waals surface area contributed by atoms with Crippen molar-refractivity contribution in [3.63, 3.8) is 0 Å². The number of benzene rings is 1. The van der Waals surface area contributed by atoms with Crippen molar-refractivity contribution in [3.8, 4) is 17.1 Å². The first-order valence-corrected chi connectivity index (χ1v) is 6.18. The fourth-order valence-corrected chi connectivity index (χ4v) is 2.04. The van der Waals surface area contributed by atoms with Crippen LogP contribution >= 0.6 is 0 Å². The normalized spacial score (nSPS) is 10.4. The van der Waals surface area contributed by atoms with Gasteiger partial charge in [0.15, 0.2) is 11.6 Å². The summed E-state index contributed by atoms with van der Waals surface area (Å²) >= 11 is 0. The van der Waals surface area contributed by atoms with E-state index in [1.807, 2.05) is 36.5 Å². The van der Waals surface area contributed by atoms with Crippen molar-refractivity contribution >= 4 is 5.78 Å². The number of ketones is 1. The number of aromatic nitrogens is 4. The van der Waals surface area contributed by atoms with Crippen LogP contribution < -0.4 is 0 Å². The highest BCUT2D eigenvalue weighted by Gasteiger charge is 2.10. The molecule has 1 aromatic carbocycles. The number of hydrogen-bond donors (Lipinski definition) is 0. The predicted octanol–water partition coefficient (Wildman–Crippen LogP) is 2.53. The molecule has 5 heteroatoms. The fraction of sp³-hybridized carbons (Fsp3) is 0.0667. The zero-order chi connectivity index (χ0) is 13.9. The van der Waals surface area contributed by atoms with Gasteiger partial charge in [0.25, 0.3) is 0 Å². The minimum Gasteiger partial charge on any atom is -0.294 e. The molecule has 0 N–H and O–H groups in total. The molecule has 0 aliphatic carbocycles. The highest BCUT2D eigenvalue weighted by atomic mass is 16.1. The minimum absolute atomic E-state index is 0.0138. The Balaban J connectivity index is 2.12. The molecule has 20 heavy (non-hydrogen) atoms. The zero-order valence-corrected chi connectivity index (χ0v) is 10.9. The molecule has 0 aliphatic heterocycles. The molecule has 2 aromatic heterocycles. The van der Waals surface area contributed by atoms with Crippen LogP contribution in [-0.4, -0.2) is 25.5 Å². The molecule has 0 bridgehead atoms. The summed E-state index contributed by atoms with van der Waals surface area (Å²) in [4.78, 5) is 20.1. The second kappa shape index (κ2) is 5.05. The summed E-state index contributed by atoms with van der Waals surface area (Å²) in [5.74, 6) is 0.679. The van der Waals surface area contributed by atoms with Crippen LogP contribution in [0.1, 0.15) is 17.3 Å². The van der Waals surface area contributed by atoms with Crippen LogP contribution in [0.25, 0.3) is 17.1 Å². The SMILES string of the molecule is CC(=O)c1ccccc1-c1cc(-n2cccn2)ncn1. The summed E-state index contributed by atoms with van der Waals surface area (Å²) in [5.41, 5.74) is 2.16. The lowest BCUT2D eigenvalue weighted by molar-refractivity contribution is 0.101. The topological polar surface area (TPSA) is 60.7 Å². The van der Waals surface area contributed by atoms with E-state index < -0.39 is 0 Å². The largest absolute Gasteiger partial charge is 0.294 e. The van der Waals surface area contributed by atoms with E-state index in [1.54, 1.807) is 23.9 Å². The number of Topliss-reactive ketones (excluding diaryl/α,β-unsaturated/α-hetero) is 1. The summed E-state index contributed by atoms with van der Waals surface area (Å²) < 4.78 is 1.65.